The highest BCUT2D eigenvalue weighted by atomic mass is 15.1. The van der Waals surface area contributed by atoms with E-state index < -0.39 is 0 Å². The van der Waals surface area contributed by atoms with Crippen LogP contribution in [0.3, 0.4) is 0 Å². The molecule has 2 fully saturated rings. The molecule has 2 heteroatoms. The molecule has 1 unspecified atom stereocenters. The summed E-state index contributed by atoms with van der Waals surface area (Å²) in [6.45, 7) is 7.51. The molecular formula is C14H28N2. The molecule has 16 heavy (non-hydrogen) atoms. The van der Waals surface area contributed by atoms with Crippen molar-refractivity contribution in [3.63, 3.8) is 0 Å². The normalized spacial score (nSPS) is 28.7. The van der Waals surface area contributed by atoms with Gasteiger partial charge in [0, 0.05) is 6.04 Å². The minimum Gasteiger partial charge on any atom is -0.314 e. The first-order valence-electron chi connectivity index (χ1n) is 7.34. The van der Waals surface area contributed by atoms with E-state index in [1.807, 2.05) is 0 Å². The van der Waals surface area contributed by atoms with Crippen molar-refractivity contribution in [2.24, 2.45) is 5.92 Å². The molecule has 1 atom stereocenters. The fourth-order valence-electron chi connectivity index (χ4n) is 2.74. The Balaban J connectivity index is 1.62. The molecule has 94 valence electrons. The Kier molecular flexibility index (Phi) is 5.11. The second kappa shape index (κ2) is 6.61. The van der Waals surface area contributed by atoms with Crippen LogP contribution in [0.1, 0.15) is 51.9 Å². The Bertz CT molecular complexity index is 189. The second-order valence-corrected chi connectivity index (χ2v) is 5.63. The van der Waals surface area contributed by atoms with E-state index in [0.29, 0.717) is 0 Å². The van der Waals surface area contributed by atoms with E-state index in [1.165, 1.54) is 71.1 Å². The first kappa shape index (κ1) is 12.4. The van der Waals surface area contributed by atoms with Crippen molar-refractivity contribution in [2.75, 3.05) is 26.2 Å². The molecule has 2 rings (SSSR count). The van der Waals surface area contributed by atoms with E-state index in [1.54, 1.807) is 0 Å². The molecule has 0 aromatic heterocycles. The van der Waals surface area contributed by atoms with Crippen molar-refractivity contribution in [3.05, 3.63) is 0 Å². The summed E-state index contributed by atoms with van der Waals surface area (Å²) in [5.41, 5.74) is 0. The van der Waals surface area contributed by atoms with Gasteiger partial charge in [0.2, 0.25) is 0 Å². The standard InChI is InChI=1S/C14H28N2/c1-2-14-8-12-16(11-4-9-15-14)10-3-5-13-6-7-13/h13-15H,2-12H2,1H3. The van der Waals surface area contributed by atoms with E-state index in [0.717, 1.165) is 12.0 Å². The predicted molar refractivity (Wildman–Crippen MR) is 69.7 cm³/mol. The van der Waals surface area contributed by atoms with E-state index in [9.17, 15) is 0 Å². The van der Waals surface area contributed by atoms with Gasteiger partial charge in [-0.15, -0.1) is 0 Å². The summed E-state index contributed by atoms with van der Waals surface area (Å²) in [4.78, 5) is 2.70. The highest BCUT2D eigenvalue weighted by Crippen LogP contribution is 2.33. The monoisotopic (exact) mass is 224 g/mol. The van der Waals surface area contributed by atoms with Crippen molar-refractivity contribution in [2.45, 2.75) is 57.9 Å². The summed E-state index contributed by atoms with van der Waals surface area (Å²) < 4.78 is 0. The third-order valence-corrected chi connectivity index (χ3v) is 4.15. The molecule has 2 nitrogen and oxygen atoms in total. The van der Waals surface area contributed by atoms with Crippen molar-refractivity contribution in [1.29, 1.82) is 0 Å². The first-order chi connectivity index (χ1) is 7.88. The quantitative estimate of drug-likeness (QED) is 0.772. The van der Waals surface area contributed by atoms with Crippen LogP contribution in [-0.4, -0.2) is 37.1 Å². The van der Waals surface area contributed by atoms with Gasteiger partial charge in [0.25, 0.3) is 0 Å². The van der Waals surface area contributed by atoms with Gasteiger partial charge in [-0.05, 0) is 64.2 Å². The van der Waals surface area contributed by atoms with Crippen molar-refractivity contribution in [1.82, 2.24) is 10.2 Å². The fourth-order valence-corrected chi connectivity index (χ4v) is 2.74. The lowest BCUT2D eigenvalue weighted by Crippen LogP contribution is -2.39. The molecule has 0 radical (unpaired) electrons. The summed E-state index contributed by atoms with van der Waals surface area (Å²) in [6, 6.07) is 0.770. The van der Waals surface area contributed by atoms with Gasteiger partial charge < -0.3 is 10.2 Å². The number of hydrogen-bond donors (Lipinski definition) is 1. The number of nitrogens with one attached hydrogen (secondary N) is 1. The van der Waals surface area contributed by atoms with Gasteiger partial charge in [-0.3, -0.25) is 0 Å². The Morgan fingerprint density at radius 2 is 2.06 bits per heavy atom. The van der Waals surface area contributed by atoms with E-state index in [2.05, 4.69) is 17.1 Å². The molecule has 0 amide bonds. The van der Waals surface area contributed by atoms with Gasteiger partial charge in [0.15, 0.2) is 0 Å². The largest absolute Gasteiger partial charge is 0.314 e. The minimum atomic E-state index is 0.770. The van der Waals surface area contributed by atoms with Crippen LogP contribution in [-0.2, 0) is 0 Å². The van der Waals surface area contributed by atoms with Crippen molar-refractivity contribution < 1.29 is 0 Å². The van der Waals surface area contributed by atoms with Crippen molar-refractivity contribution in [3.8, 4) is 0 Å². The van der Waals surface area contributed by atoms with Crippen LogP contribution in [0, 0.1) is 5.92 Å². The average Bonchev–Trinajstić information content (AvgIpc) is 3.06. The molecule has 2 aliphatic rings. The molecule has 0 aromatic rings. The topological polar surface area (TPSA) is 15.3 Å². The highest BCUT2D eigenvalue weighted by molar-refractivity contribution is 4.75. The van der Waals surface area contributed by atoms with Crippen LogP contribution in [0.4, 0.5) is 0 Å². The average molecular weight is 224 g/mol. The molecule has 1 aliphatic heterocycles. The zero-order chi connectivity index (χ0) is 11.2. The summed E-state index contributed by atoms with van der Waals surface area (Å²) in [5.74, 6) is 1.11. The predicted octanol–water partition coefficient (Wildman–Crippen LogP) is 2.64. The summed E-state index contributed by atoms with van der Waals surface area (Å²) >= 11 is 0. The highest BCUT2D eigenvalue weighted by Gasteiger charge is 2.21. The van der Waals surface area contributed by atoms with E-state index >= 15 is 0 Å². The zero-order valence-corrected chi connectivity index (χ0v) is 10.9. The number of hydrogen-bond acceptors (Lipinski definition) is 2. The van der Waals surface area contributed by atoms with Crippen molar-refractivity contribution >= 4 is 0 Å². The second-order valence-electron chi connectivity index (χ2n) is 5.63. The number of rotatable bonds is 5. The SMILES string of the molecule is CCC1CCN(CCCC2CC2)CCCN1. The van der Waals surface area contributed by atoms with Gasteiger partial charge in [0.05, 0.1) is 0 Å². The lowest BCUT2D eigenvalue weighted by Gasteiger charge is -2.28. The summed E-state index contributed by atoms with van der Waals surface area (Å²) in [5, 5.41) is 3.65. The summed E-state index contributed by atoms with van der Waals surface area (Å²) in [7, 11) is 0. The smallest absolute Gasteiger partial charge is 0.00766 e. The Hall–Kier alpha value is -0.0800. The minimum absolute atomic E-state index is 0.770. The third-order valence-electron chi connectivity index (χ3n) is 4.15. The molecule has 0 aromatic carbocycles. The molecule has 0 spiro atoms. The maximum absolute atomic E-state index is 3.65. The molecule has 1 N–H and O–H groups in total. The zero-order valence-electron chi connectivity index (χ0n) is 10.9. The molecule has 1 aliphatic carbocycles. The number of nitrogens with zero attached hydrogens (tertiary/aromatic N) is 1. The maximum atomic E-state index is 3.65. The van der Waals surface area contributed by atoms with Gasteiger partial charge >= 0.3 is 0 Å². The van der Waals surface area contributed by atoms with Gasteiger partial charge in [-0.1, -0.05) is 19.8 Å². The van der Waals surface area contributed by atoms with Crippen LogP contribution >= 0.6 is 0 Å². The molecule has 1 saturated carbocycles. The molecule has 0 bridgehead atoms. The van der Waals surface area contributed by atoms with Crippen LogP contribution < -0.4 is 5.32 Å². The Morgan fingerprint density at radius 3 is 2.81 bits per heavy atom. The van der Waals surface area contributed by atoms with Gasteiger partial charge in [-0.25, -0.2) is 0 Å². The van der Waals surface area contributed by atoms with E-state index in [4.69, 9.17) is 0 Å². The summed E-state index contributed by atoms with van der Waals surface area (Å²) in [6.07, 6.45) is 9.93. The Labute approximate surface area is 101 Å². The Morgan fingerprint density at radius 1 is 1.19 bits per heavy atom. The van der Waals surface area contributed by atoms with Crippen LogP contribution in [0.5, 0.6) is 0 Å². The van der Waals surface area contributed by atoms with Crippen LogP contribution in [0.2, 0.25) is 0 Å². The van der Waals surface area contributed by atoms with Gasteiger partial charge in [-0.2, -0.15) is 0 Å². The lowest BCUT2D eigenvalue weighted by molar-refractivity contribution is 0.226. The van der Waals surface area contributed by atoms with Crippen LogP contribution in [0.25, 0.3) is 0 Å². The fraction of sp³-hybridized carbons (Fsp3) is 1.00. The van der Waals surface area contributed by atoms with E-state index in [-0.39, 0.29) is 0 Å². The molecule has 1 saturated heterocycles. The lowest BCUT2D eigenvalue weighted by atomic mass is 10.1. The van der Waals surface area contributed by atoms with Gasteiger partial charge in [0.1, 0.15) is 0 Å². The molecule has 1 heterocycles. The first-order valence-corrected chi connectivity index (χ1v) is 7.34. The third kappa shape index (κ3) is 4.42. The maximum Gasteiger partial charge on any atom is 0.00766 e. The van der Waals surface area contributed by atoms with Crippen LogP contribution in [0.15, 0.2) is 0 Å². The molecular weight excluding hydrogens is 196 g/mol.